The first-order chi connectivity index (χ1) is 11.5. The minimum atomic E-state index is -0.505. The van der Waals surface area contributed by atoms with Gasteiger partial charge >= 0.3 is 5.00 Å². The number of hydrogen-bond acceptors (Lipinski definition) is 6. The van der Waals surface area contributed by atoms with Gasteiger partial charge in [0.2, 0.25) is 5.91 Å². The zero-order valence-electron chi connectivity index (χ0n) is 13.8. The Morgan fingerprint density at radius 2 is 2.16 bits per heavy atom. The van der Waals surface area contributed by atoms with Crippen LogP contribution in [0.1, 0.15) is 28.9 Å². The van der Waals surface area contributed by atoms with Gasteiger partial charge in [0.1, 0.15) is 6.04 Å². The first kappa shape index (κ1) is 19.6. The van der Waals surface area contributed by atoms with Gasteiger partial charge in [-0.25, -0.2) is 0 Å². The molecule has 25 heavy (non-hydrogen) atoms. The van der Waals surface area contributed by atoms with Crippen LogP contribution in [-0.2, 0) is 4.79 Å². The summed E-state index contributed by atoms with van der Waals surface area (Å²) in [7, 11) is 1.79. The van der Waals surface area contributed by atoms with Crippen molar-refractivity contribution in [2.75, 3.05) is 26.7 Å². The molecule has 2 unspecified atom stereocenters. The van der Waals surface area contributed by atoms with E-state index >= 15 is 0 Å². The van der Waals surface area contributed by atoms with Gasteiger partial charge in [-0.3, -0.25) is 19.7 Å². The van der Waals surface area contributed by atoms with Crippen LogP contribution < -0.4 is 5.32 Å². The zero-order valence-corrected chi connectivity index (χ0v) is 15.5. The van der Waals surface area contributed by atoms with E-state index in [1.165, 1.54) is 12.1 Å². The summed E-state index contributed by atoms with van der Waals surface area (Å²) in [4.78, 5) is 39.4. The van der Waals surface area contributed by atoms with Crippen LogP contribution >= 0.6 is 23.7 Å². The third-order valence-electron chi connectivity index (χ3n) is 4.71. The summed E-state index contributed by atoms with van der Waals surface area (Å²) in [6, 6.07) is 2.50. The fourth-order valence-electron chi connectivity index (χ4n) is 3.33. The number of halogens is 1. The van der Waals surface area contributed by atoms with Crippen LogP contribution in [-0.4, -0.2) is 65.3 Å². The van der Waals surface area contributed by atoms with Crippen LogP contribution in [0, 0.1) is 10.1 Å². The molecule has 2 aliphatic rings. The van der Waals surface area contributed by atoms with Gasteiger partial charge in [0.25, 0.3) is 5.91 Å². The third-order valence-corrected chi connectivity index (χ3v) is 5.74. The van der Waals surface area contributed by atoms with Crippen LogP contribution in [0.4, 0.5) is 5.00 Å². The number of nitro groups is 1. The molecule has 2 saturated heterocycles. The largest absolute Gasteiger partial charge is 0.340 e. The maximum atomic E-state index is 12.8. The minimum Gasteiger partial charge on any atom is -0.340 e. The van der Waals surface area contributed by atoms with E-state index in [-0.39, 0.29) is 35.3 Å². The molecule has 8 nitrogen and oxygen atoms in total. The van der Waals surface area contributed by atoms with Gasteiger partial charge in [-0.2, -0.15) is 0 Å². The van der Waals surface area contributed by atoms with Crippen molar-refractivity contribution in [3.8, 4) is 0 Å². The standard InChI is InChI=1S/C15H20N4O4S.ClH/c1-17(10-6-7-16-9-10)14(20)11-3-2-8-18(11)15(21)12-4-5-13(24-12)19(22)23;/h4-5,10-11,16H,2-3,6-9H2,1H3;1H. The fourth-order valence-corrected chi connectivity index (χ4v) is 4.11. The Kier molecular flexibility index (Phi) is 6.36. The van der Waals surface area contributed by atoms with Crippen LogP contribution in [0.5, 0.6) is 0 Å². The molecule has 0 bridgehead atoms. The number of likely N-dealkylation sites (tertiary alicyclic amines) is 1. The number of nitrogens with one attached hydrogen (secondary N) is 1. The number of thiophene rings is 1. The van der Waals surface area contributed by atoms with Crippen LogP contribution in [0.2, 0.25) is 0 Å². The SMILES string of the molecule is CN(C(=O)C1CCCN1C(=O)c1ccc([N+](=O)[O-])s1)C1CCNC1.Cl. The first-order valence-corrected chi connectivity index (χ1v) is 8.83. The van der Waals surface area contributed by atoms with E-state index in [2.05, 4.69) is 5.32 Å². The van der Waals surface area contributed by atoms with Crippen LogP contribution in [0.25, 0.3) is 0 Å². The van der Waals surface area contributed by atoms with E-state index in [0.29, 0.717) is 17.8 Å². The van der Waals surface area contributed by atoms with E-state index in [9.17, 15) is 19.7 Å². The van der Waals surface area contributed by atoms with Gasteiger partial charge in [-0.15, -0.1) is 12.4 Å². The summed E-state index contributed by atoms with van der Waals surface area (Å²) < 4.78 is 0. The molecule has 138 valence electrons. The van der Waals surface area contributed by atoms with Gasteiger partial charge in [0.15, 0.2) is 0 Å². The normalized spacial score (nSPS) is 22.5. The molecule has 1 aromatic heterocycles. The number of hydrogen-bond donors (Lipinski definition) is 1. The molecule has 0 spiro atoms. The van der Waals surface area contributed by atoms with Crippen molar-refractivity contribution in [2.45, 2.75) is 31.3 Å². The van der Waals surface area contributed by atoms with Crippen molar-refractivity contribution in [3.05, 3.63) is 27.1 Å². The van der Waals surface area contributed by atoms with Crippen LogP contribution in [0.15, 0.2) is 12.1 Å². The van der Waals surface area contributed by atoms with E-state index in [1.54, 1.807) is 16.8 Å². The van der Waals surface area contributed by atoms with E-state index in [1.807, 2.05) is 0 Å². The smallest absolute Gasteiger partial charge is 0.324 e. The Hall–Kier alpha value is -1.71. The predicted octanol–water partition coefficient (Wildman–Crippen LogP) is 1.50. The van der Waals surface area contributed by atoms with Crippen molar-refractivity contribution in [1.29, 1.82) is 0 Å². The second-order valence-electron chi connectivity index (χ2n) is 6.15. The average molecular weight is 389 g/mol. The molecule has 0 aliphatic carbocycles. The molecule has 2 aliphatic heterocycles. The molecule has 2 fully saturated rings. The Morgan fingerprint density at radius 1 is 1.40 bits per heavy atom. The lowest BCUT2D eigenvalue weighted by atomic mass is 10.1. The number of amides is 2. The summed E-state index contributed by atoms with van der Waals surface area (Å²) in [5, 5.41) is 14.0. The lowest BCUT2D eigenvalue weighted by molar-refractivity contribution is -0.380. The van der Waals surface area contributed by atoms with E-state index in [0.717, 1.165) is 37.3 Å². The molecule has 1 N–H and O–H groups in total. The van der Waals surface area contributed by atoms with Crippen molar-refractivity contribution in [3.63, 3.8) is 0 Å². The molecule has 0 saturated carbocycles. The molecule has 3 heterocycles. The van der Waals surface area contributed by atoms with E-state index in [4.69, 9.17) is 0 Å². The molecule has 0 aromatic carbocycles. The van der Waals surface area contributed by atoms with Gasteiger partial charge in [0, 0.05) is 32.2 Å². The molecular formula is C15H21ClN4O4S. The molecule has 10 heteroatoms. The van der Waals surface area contributed by atoms with Crippen LogP contribution in [0.3, 0.4) is 0 Å². The highest BCUT2D eigenvalue weighted by Crippen LogP contribution is 2.28. The Morgan fingerprint density at radius 3 is 2.76 bits per heavy atom. The Labute approximate surface area is 155 Å². The fraction of sp³-hybridized carbons (Fsp3) is 0.600. The molecule has 3 rings (SSSR count). The third kappa shape index (κ3) is 3.94. The van der Waals surface area contributed by atoms with Crippen molar-refractivity contribution >= 4 is 40.6 Å². The summed E-state index contributed by atoms with van der Waals surface area (Å²) in [5.41, 5.74) is 0. The van der Waals surface area contributed by atoms with E-state index < -0.39 is 11.0 Å². The second-order valence-corrected chi connectivity index (χ2v) is 7.21. The summed E-state index contributed by atoms with van der Waals surface area (Å²) in [6.07, 6.45) is 2.33. The predicted molar refractivity (Wildman–Crippen MR) is 96.3 cm³/mol. The summed E-state index contributed by atoms with van der Waals surface area (Å²) >= 11 is 0.858. The number of carbonyl (C=O) groups excluding carboxylic acids is 2. The highest BCUT2D eigenvalue weighted by Gasteiger charge is 2.38. The van der Waals surface area contributed by atoms with Gasteiger partial charge in [-0.1, -0.05) is 11.3 Å². The maximum Gasteiger partial charge on any atom is 0.324 e. The Bertz CT molecular complexity index is 662. The first-order valence-electron chi connectivity index (χ1n) is 8.01. The molecular weight excluding hydrogens is 368 g/mol. The van der Waals surface area contributed by atoms with Gasteiger partial charge < -0.3 is 15.1 Å². The second kappa shape index (κ2) is 8.11. The lowest BCUT2D eigenvalue weighted by Crippen LogP contribution is -2.50. The van der Waals surface area contributed by atoms with Gasteiger partial charge in [-0.05, 0) is 31.9 Å². The zero-order chi connectivity index (χ0) is 17.3. The average Bonchev–Trinajstić information content (AvgIpc) is 3.33. The quantitative estimate of drug-likeness (QED) is 0.623. The number of carbonyl (C=O) groups is 2. The number of rotatable bonds is 4. The van der Waals surface area contributed by atoms with Crippen molar-refractivity contribution in [1.82, 2.24) is 15.1 Å². The molecule has 0 radical (unpaired) electrons. The number of likely N-dealkylation sites (N-methyl/N-ethyl adjacent to an activating group) is 1. The van der Waals surface area contributed by atoms with Gasteiger partial charge in [0.05, 0.1) is 9.80 Å². The van der Waals surface area contributed by atoms with Crippen molar-refractivity contribution < 1.29 is 14.5 Å². The number of nitrogens with zero attached hydrogens (tertiary/aromatic N) is 3. The highest BCUT2D eigenvalue weighted by atomic mass is 35.5. The topological polar surface area (TPSA) is 95.8 Å². The monoisotopic (exact) mass is 388 g/mol. The molecule has 2 atom stereocenters. The minimum absolute atomic E-state index is 0. The molecule has 1 aromatic rings. The summed E-state index contributed by atoms with van der Waals surface area (Å²) in [5.74, 6) is -0.331. The highest BCUT2D eigenvalue weighted by molar-refractivity contribution is 7.17. The lowest BCUT2D eigenvalue weighted by Gasteiger charge is -2.31. The van der Waals surface area contributed by atoms with Crippen molar-refractivity contribution in [2.24, 2.45) is 0 Å². The maximum absolute atomic E-state index is 12.8. The molecule has 2 amide bonds. The Balaban J connectivity index is 0.00000225. The summed E-state index contributed by atoms with van der Waals surface area (Å²) in [6.45, 7) is 2.19.